The maximum absolute atomic E-state index is 12.5. The number of aromatic nitrogens is 6. The number of hydrogen-bond acceptors (Lipinski definition) is 9. The zero-order valence-electron chi connectivity index (χ0n) is 13.9. The average molecular weight is 406 g/mol. The van der Waals surface area contributed by atoms with E-state index in [0.29, 0.717) is 22.4 Å². The number of allylic oxidation sites excluding steroid dienone is 1. The lowest BCUT2D eigenvalue weighted by Gasteiger charge is -2.49. The Labute approximate surface area is 161 Å². The van der Waals surface area contributed by atoms with Crippen molar-refractivity contribution in [3.8, 4) is 0 Å². The van der Waals surface area contributed by atoms with E-state index in [-0.39, 0.29) is 17.0 Å². The number of rotatable bonds is 6. The van der Waals surface area contributed by atoms with Gasteiger partial charge in [0, 0.05) is 25.2 Å². The highest BCUT2D eigenvalue weighted by Gasteiger charge is 2.53. The molecular weight excluding hydrogens is 392 g/mol. The lowest BCUT2D eigenvalue weighted by atomic mass is 10.0. The first-order chi connectivity index (χ1) is 13.1. The number of nitrogens with one attached hydrogen (secondary N) is 2. The molecule has 1 amide bonds. The van der Waals surface area contributed by atoms with Gasteiger partial charge >= 0.3 is 5.97 Å². The lowest BCUT2D eigenvalue weighted by Crippen LogP contribution is -2.67. The number of carbonyl (C=O) groups excluding carboxylic acids is 1. The van der Waals surface area contributed by atoms with E-state index in [2.05, 4.69) is 30.8 Å². The molecule has 0 saturated carbocycles. The first-order valence-electron chi connectivity index (χ1n) is 7.79. The average Bonchev–Trinajstić information content (AvgIpc) is 3.31. The number of aliphatic carboxylic acids is 1. The predicted octanol–water partition coefficient (Wildman–Crippen LogP) is 0.273. The quantitative estimate of drug-likeness (QED) is 0.452. The van der Waals surface area contributed by atoms with Gasteiger partial charge in [-0.2, -0.15) is 0 Å². The number of hydrogen-bond donors (Lipinski definition) is 3. The predicted molar refractivity (Wildman–Crippen MR) is 97.5 cm³/mol. The standard InChI is InChI=1S/C14H14N8O3S2/c1-21-14(18-19-20-21)26-5-2-7-6-27-11-8(17-13-15-3-4-16-13)10(23)22(11)9(7)12(24)25/h2-5,8,11H,6H2,1H3,(H,24,25)(H2,15,16,17)/b5-2+/t8?,11-/m1/s1. The molecule has 1 saturated heterocycles. The van der Waals surface area contributed by atoms with Crippen LogP contribution < -0.4 is 5.32 Å². The summed E-state index contributed by atoms with van der Waals surface area (Å²) in [5.74, 6) is -0.471. The summed E-state index contributed by atoms with van der Waals surface area (Å²) in [6, 6.07) is -0.514. The van der Waals surface area contributed by atoms with E-state index in [9.17, 15) is 14.7 Å². The molecule has 1 unspecified atom stereocenters. The number of imidazole rings is 1. The van der Waals surface area contributed by atoms with Gasteiger partial charge in [-0.15, -0.1) is 16.9 Å². The van der Waals surface area contributed by atoms with Crippen LogP contribution in [0.4, 0.5) is 5.95 Å². The smallest absolute Gasteiger partial charge is 0.352 e. The molecule has 2 atom stereocenters. The molecule has 1 fully saturated rings. The molecule has 0 aromatic carbocycles. The van der Waals surface area contributed by atoms with Gasteiger partial charge in [-0.25, -0.2) is 14.5 Å². The van der Waals surface area contributed by atoms with Gasteiger partial charge in [0.25, 0.3) is 5.91 Å². The third-order valence-electron chi connectivity index (χ3n) is 4.01. The number of β-lactam (4-membered cyclic amide) rings is 1. The number of aryl methyl sites for hydroxylation is 1. The van der Waals surface area contributed by atoms with Gasteiger partial charge in [-0.05, 0) is 27.5 Å². The van der Waals surface area contributed by atoms with E-state index in [0.717, 1.165) is 0 Å². The first-order valence-corrected chi connectivity index (χ1v) is 9.71. The van der Waals surface area contributed by atoms with E-state index >= 15 is 0 Å². The number of tetrazole rings is 1. The normalized spacial score (nSPS) is 22.1. The monoisotopic (exact) mass is 406 g/mol. The number of aromatic amines is 1. The van der Waals surface area contributed by atoms with Crippen molar-refractivity contribution in [3.63, 3.8) is 0 Å². The molecule has 4 heterocycles. The highest BCUT2D eigenvalue weighted by atomic mass is 32.2. The van der Waals surface area contributed by atoms with Crippen LogP contribution in [0.3, 0.4) is 0 Å². The van der Waals surface area contributed by atoms with Gasteiger partial charge in [0.15, 0.2) is 0 Å². The highest BCUT2D eigenvalue weighted by Crippen LogP contribution is 2.41. The van der Waals surface area contributed by atoms with E-state index in [1.165, 1.54) is 33.1 Å². The summed E-state index contributed by atoms with van der Waals surface area (Å²) in [4.78, 5) is 32.6. The molecule has 13 heteroatoms. The highest BCUT2D eigenvalue weighted by molar-refractivity contribution is 8.02. The first kappa shape index (κ1) is 17.6. The Kier molecular flexibility index (Phi) is 4.61. The molecule has 2 aliphatic rings. The molecule has 140 valence electrons. The Morgan fingerprint density at radius 2 is 2.41 bits per heavy atom. The second kappa shape index (κ2) is 7.08. The van der Waals surface area contributed by atoms with Gasteiger partial charge in [0.1, 0.15) is 17.1 Å². The Morgan fingerprint density at radius 3 is 3.07 bits per heavy atom. The Morgan fingerprint density at radius 1 is 1.56 bits per heavy atom. The molecular formula is C14H14N8O3S2. The minimum Gasteiger partial charge on any atom is -0.477 e. The number of thioether (sulfide) groups is 2. The molecule has 0 bridgehead atoms. The minimum atomic E-state index is -1.13. The van der Waals surface area contributed by atoms with Crippen LogP contribution in [0, 0.1) is 0 Å². The van der Waals surface area contributed by atoms with E-state index in [1.54, 1.807) is 30.9 Å². The number of amides is 1. The van der Waals surface area contributed by atoms with Crippen molar-refractivity contribution >= 4 is 41.3 Å². The SMILES string of the molecule is Cn1nnnc1S/C=C/C1=C(C(=O)O)N2C(=O)C(Nc3ncc[nH]3)[C@H]2SC1. The van der Waals surface area contributed by atoms with Crippen LogP contribution in [0.5, 0.6) is 0 Å². The van der Waals surface area contributed by atoms with Crippen molar-refractivity contribution in [2.45, 2.75) is 16.6 Å². The van der Waals surface area contributed by atoms with Crippen molar-refractivity contribution in [1.82, 2.24) is 35.1 Å². The minimum absolute atomic E-state index is 0.00850. The lowest BCUT2D eigenvalue weighted by molar-refractivity contribution is -0.147. The number of fused-ring (bicyclic) bond motifs is 1. The third kappa shape index (κ3) is 3.19. The summed E-state index contributed by atoms with van der Waals surface area (Å²) in [5.41, 5.74) is 0.574. The Balaban J connectivity index is 1.52. The molecule has 0 radical (unpaired) electrons. The summed E-state index contributed by atoms with van der Waals surface area (Å²) in [7, 11) is 1.71. The molecule has 11 nitrogen and oxygen atoms in total. The van der Waals surface area contributed by atoms with Crippen LogP contribution in [-0.2, 0) is 16.6 Å². The molecule has 4 rings (SSSR count). The van der Waals surface area contributed by atoms with Crippen LogP contribution in [0.2, 0.25) is 0 Å². The molecule has 27 heavy (non-hydrogen) atoms. The fourth-order valence-electron chi connectivity index (χ4n) is 2.76. The number of carboxylic acid groups (broad SMARTS) is 1. The van der Waals surface area contributed by atoms with Crippen LogP contribution >= 0.6 is 23.5 Å². The summed E-state index contributed by atoms with van der Waals surface area (Å²) in [6.45, 7) is 0. The molecule has 0 aliphatic carbocycles. The van der Waals surface area contributed by atoms with Crippen molar-refractivity contribution in [2.75, 3.05) is 11.1 Å². The van der Waals surface area contributed by atoms with Crippen molar-refractivity contribution in [1.29, 1.82) is 0 Å². The zero-order valence-corrected chi connectivity index (χ0v) is 15.6. The number of carboxylic acids is 1. The van der Waals surface area contributed by atoms with Crippen molar-refractivity contribution in [2.24, 2.45) is 7.05 Å². The topological polar surface area (TPSA) is 142 Å². The van der Waals surface area contributed by atoms with Gasteiger partial charge in [0.2, 0.25) is 11.1 Å². The largest absolute Gasteiger partial charge is 0.477 e. The van der Waals surface area contributed by atoms with Crippen molar-refractivity contribution < 1.29 is 14.7 Å². The van der Waals surface area contributed by atoms with Gasteiger partial charge in [-0.1, -0.05) is 11.8 Å². The number of nitrogens with zero attached hydrogens (tertiary/aromatic N) is 6. The van der Waals surface area contributed by atoms with Crippen LogP contribution in [0.15, 0.2) is 40.3 Å². The fraction of sp³-hybridized carbons (Fsp3) is 0.286. The number of carbonyl (C=O) groups is 2. The second-order valence-electron chi connectivity index (χ2n) is 5.65. The Hall–Kier alpha value is -2.80. The van der Waals surface area contributed by atoms with E-state index in [4.69, 9.17) is 0 Å². The maximum atomic E-state index is 12.5. The number of anilines is 1. The number of H-pyrrole nitrogens is 1. The van der Waals surface area contributed by atoms with Crippen LogP contribution in [0.25, 0.3) is 0 Å². The maximum Gasteiger partial charge on any atom is 0.352 e. The zero-order chi connectivity index (χ0) is 19.0. The van der Waals surface area contributed by atoms with E-state index < -0.39 is 12.0 Å². The van der Waals surface area contributed by atoms with Gasteiger partial charge in [-0.3, -0.25) is 9.69 Å². The van der Waals surface area contributed by atoms with Gasteiger partial charge < -0.3 is 15.4 Å². The molecule has 0 spiro atoms. The summed E-state index contributed by atoms with van der Waals surface area (Å²) >= 11 is 2.77. The van der Waals surface area contributed by atoms with Crippen LogP contribution in [-0.4, -0.2) is 69.2 Å². The second-order valence-corrected chi connectivity index (χ2v) is 7.63. The third-order valence-corrected chi connectivity index (χ3v) is 6.15. The summed E-state index contributed by atoms with van der Waals surface area (Å²) in [5, 5.41) is 25.8. The van der Waals surface area contributed by atoms with Crippen molar-refractivity contribution in [3.05, 3.63) is 35.1 Å². The summed E-state index contributed by atoms with van der Waals surface area (Å²) < 4.78 is 1.51. The van der Waals surface area contributed by atoms with E-state index in [1.807, 2.05) is 0 Å². The Bertz CT molecular complexity index is 938. The van der Waals surface area contributed by atoms with Crippen LogP contribution in [0.1, 0.15) is 0 Å². The molecule has 2 aromatic rings. The molecule has 2 aliphatic heterocycles. The fourth-order valence-corrected chi connectivity index (χ4v) is 4.71. The molecule has 3 N–H and O–H groups in total. The molecule has 2 aromatic heterocycles. The summed E-state index contributed by atoms with van der Waals surface area (Å²) in [6.07, 6.45) is 4.91. The van der Waals surface area contributed by atoms with Gasteiger partial charge in [0.05, 0.1) is 0 Å².